The Bertz CT molecular complexity index is 553. The van der Waals surface area contributed by atoms with E-state index in [1.54, 1.807) is 24.4 Å². The van der Waals surface area contributed by atoms with Gasteiger partial charge in [0, 0.05) is 30.5 Å². The zero-order valence-electron chi connectivity index (χ0n) is 11.0. The minimum Gasteiger partial charge on any atom is -0.313 e. The Kier molecular flexibility index (Phi) is 4.56. The van der Waals surface area contributed by atoms with Crippen LogP contribution in [0.15, 0.2) is 30.5 Å². The molecule has 102 valence electrons. The molecule has 0 bridgehead atoms. The van der Waals surface area contributed by atoms with Gasteiger partial charge in [0.25, 0.3) is 0 Å². The summed E-state index contributed by atoms with van der Waals surface area (Å²) in [6, 6.07) is 7.02. The Morgan fingerprint density at radius 1 is 1.42 bits per heavy atom. The van der Waals surface area contributed by atoms with E-state index in [4.69, 9.17) is 11.6 Å². The predicted octanol–water partition coefficient (Wildman–Crippen LogP) is 3.11. The monoisotopic (exact) mass is 281 g/mol. The van der Waals surface area contributed by atoms with Crippen LogP contribution in [0.1, 0.15) is 23.7 Å². The van der Waals surface area contributed by atoms with Crippen LogP contribution in [0.25, 0.3) is 0 Å². The number of nitrogens with one attached hydrogen (secondary N) is 1. The van der Waals surface area contributed by atoms with Crippen molar-refractivity contribution in [1.82, 2.24) is 15.1 Å². The van der Waals surface area contributed by atoms with Gasteiger partial charge in [-0.05, 0) is 32.0 Å². The lowest BCUT2D eigenvalue weighted by Gasteiger charge is -2.17. The number of hydrogen-bond donors (Lipinski definition) is 1. The van der Waals surface area contributed by atoms with Crippen molar-refractivity contribution in [3.8, 4) is 0 Å². The predicted molar refractivity (Wildman–Crippen MR) is 74.7 cm³/mol. The molecule has 0 radical (unpaired) electrons. The van der Waals surface area contributed by atoms with Crippen LogP contribution in [0, 0.1) is 5.82 Å². The van der Waals surface area contributed by atoms with Gasteiger partial charge in [-0.3, -0.25) is 4.68 Å². The second kappa shape index (κ2) is 6.17. The molecule has 0 saturated heterocycles. The van der Waals surface area contributed by atoms with Crippen LogP contribution in [-0.4, -0.2) is 16.8 Å². The summed E-state index contributed by atoms with van der Waals surface area (Å²) in [5.74, 6) is -0.339. The zero-order chi connectivity index (χ0) is 13.8. The lowest BCUT2D eigenvalue weighted by Crippen LogP contribution is -2.19. The van der Waals surface area contributed by atoms with Gasteiger partial charge in [0.1, 0.15) is 5.82 Å². The topological polar surface area (TPSA) is 29.9 Å². The van der Waals surface area contributed by atoms with E-state index < -0.39 is 0 Å². The first-order valence-electron chi connectivity index (χ1n) is 6.21. The summed E-state index contributed by atoms with van der Waals surface area (Å²) in [7, 11) is 3.73. The third kappa shape index (κ3) is 3.14. The summed E-state index contributed by atoms with van der Waals surface area (Å²) in [5.41, 5.74) is 1.74. The van der Waals surface area contributed by atoms with Gasteiger partial charge in [-0.1, -0.05) is 23.7 Å². The smallest absolute Gasteiger partial charge is 0.146 e. The van der Waals surface area contributed by atoms with Gasteiger partial charge < -0.3 is 5.32 Å². The molecular weight excluding hydrogens is 265 g/mol. The van der Waals surface area contributed by atoms with E-state index in [1.807, 2.05) is 24.8 Å². The van der Waals surface area contributed by atoms with Crippen molar-refractivity contribution >= 4 is 11.6 Å². The molecule has 0 aliphatic rings. The second-order valence-electron chi connectivity index (χ2n) is 4.47. The van der Waals surface area contributed by atoms with Crippen LogP contribution >= 0.6 is 11.6 Å². The van der Waals surface area contributed by atoms with E-state index in [2.05, 4.69) is 10.4 Å². The third-order valence-corrected chi connectivity index (χ3v) is 3.61. The molecule has 2 aromatic rings. The SMILES string of the molecule is CNC(CCc1ccnn1C)c1cccc(Cl)c1F. The molecule has 0 saturated carbocycles. The first-order chi connectivity index (χ1) is 9.13. The maximum Gasteiger partial charge on any atom is 0.146 e. The molecule has 0 spiro atoms. The van der Waals surface area contributed by atoms with Crippen LogP contribution in [-0.2, 0) is 13.5 Å². The molecule has 19 heavy (non-hydrogen) atoms. The first kappa shape index (κ1) is 14.0. The van der Waals surface area contributed by atoms with E-state index in [1.165, 1.54) is 0 Å². The fraction of sp³-hybridized carbons (Fsp3) is 0.357. The number of hydrogen-bond acceptors (Lipinski definition) is 2. The van der Waals surface area contributed by atoms with Crippen molar-refractivity contribution < 1.29 is 4.39 Å². The highest BCUT2D eigenvalue weighted by Gasteiger charge is 2.16. The Balaban J connectivity index is 2.12. The minimum atomic E-state index is -0.339. The minimum absolute atomic E-state index is 0.0615. The molecule has 0 amide bonds. The summed E-state index contributed by atoms with van der Waals surface area (Å²) in [6.07, 6.45) is 3.38. The van der Waals surface area contributed by atoms with Crippen molar-refractivity contribution in [2.24, 2.45) is 7.05 Å². The number of benzene rings is 1. The standard InChI is InChI=1S/C14H17ClFN3/c1-17-13(7-6-10-8-9-18-19(10)2)11-4-3-5-12(15)14(11)16/h3-5,8-9,13,17H,6-7H2,1-2H3. The van der Waals surface area contributed by atoms with E-state index in [-0.39, 0.29) is 16.9 Å². The maximum atomic E-state index is 14.0. The lowest BCUT2D eigenvalue weighted by molar-refractivity contribution is 0.501. The molecular formula is C14H17ClFN3. The van der Waals surface area contributed by atoms with E-state index in [9.17, 15) is 4.39 Å². The Morgan fingerprint density at radius 3 is 2.84 bits per heavy atom. The molecule has 0 fully saturated rings. The highest BCUT2D eigenvalue weighted by atomic mass is 35.5. The molecule has 1 unspecified atom stereocenters. The average Bonchev–Trinajstić information content (AvgIpc) is 2.80. The van der Waals surface area contributed by atoms with Gasteiger partial charge in [0.15, 0.2) is 0 Å². The van der Waals surface area contributed by atoms with Gasteiger partial charge >= 0.3 is 0 Å². The number of rotatable bonds is 5. The van der Waals surface area contributed by atoms with Gasteiger partial charge in [0.05, 0.1) is 5.02 Å². The summed E-state index contributed by atoms with van der Waals surface area (Å²) < 4.78 is 15.8. The molecule has 5 heteroatoms. The molecule has 1 atom stereocenters. The number of nitrogens with zero attached hydrogens (tertiary/aromatic N) is 2. The fourth-order valence-electron chi connectivity index (χ4n) is 2.18. The Hall–Kier alpha value is -1.39. The van der Waals surface area contributed by atoms with E-state index in [0.29, 0.717) is 5.56 Å². The van der Waals surface area contributed by atoms with Crippen molar-refractivity contribution in [2.75, 3.05) is 7.05 Å². The largest absolute Gasteiger partial charge is 0.313 e. The number of halogens is 2. The summed E-state index contributed by atoms with van der Waals surface area (Å²) >= 11 is 5.82. The van der Waals surface area contributed by atoms with Crippen LogP contribution in [0.5, 0.6) is 0 Å². The van der Waals surface area contributed by atoms with Gasteiger partial charge in [-0.15, -0.1) is 0 Å². The van der Waals surface area contributed by atoms with E-state index in [0.717, 1.165) is 18.5 Å². The molecule has 1 aromatic heterocycles. The molecule has 0 aliphatic heterocycles. The average molecular weight is 282 g/mol. The summed E-state index contributed by atoms with van der Waals surface area (Å²) in [5, 5.41) is 7.43. The van der Waals surface area contributed by atoms with Crippen molar-refractivity contribution in [1.29, 1.82) is 0 Å². The molecule has 3 nitrogen and oxygen atoms in total. The van der Waals surface area contributed by atoms with Gasteiger partial charge in [-0.25, -0.2) is 4.39 Å². The van der Waals surface area contributed by atoms with Gasteiger partial charge in [-0.2, -0.15) is 5.10 Å². The van der Waals surface area contributed by atoms with Crippen LogP contribution in [0.4, 0.5) is 4.39 Å². The van der Waals surface area contributed by atoms with Crippen LogP contribution in [0.2, 0.25) is 5.02 Å². The normalized spacial score (nSPS) is 12.6. The first-order valence-corrected chi connectivity index (χ1v) is 6.59. The van der Waals surface area contributed by atoms with Crippen LogP contribution in [0.3, 0.4) is 0 Å². The summed E-state index contributed by atoms with van der Waals surface area (Å²) in [6.45, 7) is 0. The number of aryl methyl sites for hydroxylation is 2. The maximum absolute atomic E-state index is 14.0. The molecule has 2 rings (SSSR count). The molecule has 1 N–H and O–H groups in total. The van der Waals surface area contributed by atoms with E-state index >= 15 is 0 Å². The lowest BCUT2D eigenvalue weighted by atomic mass is 10.0. The molecule has 0 aliphatic carbocycles. The summed E-state index contributed by atoms with van der Waals surface area (Å²) in [4.78, 5) is 0. The Labute approximate surface area is 117 Å². The molecule has 1 heterocycles. The fourth-order valence-corrected chi connectivity index (χ4v) is 2.37. The molecule has 1 aromatic carbocycles. The highest BCUT2D eigenvalue weighted by Crippen LogP contribution is 2.26. The quantitative estimate of drug-likeness (QED) is 0.913. The van der Waals surface area contributed by atoms with Crippen molar-refractivity contribution in [3.05, 3.63) is 52.6 Å². The van der Waals surface area contributed by atoms with Crippen LogP contribution < -0.4 is 5.32 Å². The van der Waals surface area contributed by atoms with Crippen molar-refractivity contribution in [3.63, 3.8) is 0 Å². The third-order valence-electron chi connectivity index (χ3n) is 3.32. The van der Waals surface area contributed by atoms with Gasteiger partial charge in [0.2, 0.25) is 0 Å². The second-order valence-corrected chi connectivity index (χ2v) is 4.88. The van der Waals surface area contributed by atoms with Crippen molar-refractivity contribution in [2.45, 2.75) is 18.9 Å². The number of aromatic nitrogens is 2. The highest BCUT2D eigenvalue weighted by molar-refractivity contribution is 6.30. The Morgan fingerprint density at radius 2 is 2.21 bits per heavy atom. The zero-order valence-corrected chi connectivity index (χ0v) is 11.8.